The largest absolute Gasteiger partial charge is 0.0625 e. The minimum Gasteiger partial charge on any atom is -0.0625 e. The molecule has 20 heavy (non-hydrogen) atoms. The lowest BCUT2D eigenvalue weighted by Gasteiger charge is -2.64. The van der Waals surface area contributed by atoms with Gasteiger partial charge in [-0.25, -0.2) is 0 Å². The molecule has 0 aromatic rings. The van der Waals surface area contributed by atoms with E-state index in [4.69, 9.17) is 0 Å². The molecule has 5 unspecified atom stereocenters. The van der Waals surface area contributed by atoms with Crippen LogP contribution in [0.15, 0.2) is 0 Å². The van der Waals surface area contributed by atoms with Crippen LogP contribution in [0.5, 0.6) is 0 Å². The summed E-state index contributed by atoms with van der Waals surface area (Å²) in [6.07, 6.45) is 11.2. The van der Waals surface area contributed by atoms with Crippen molar-refractivity contribution in [2.45, 2.75) is 72.6 Å². The highest BCUT2D eigenvalue weighted by Gasteiger charge is 2.66. The molecule has 0 radical (unpaired) electrons. The van der Waals surface area contributed by atoms with Gasteiger partial charge in [0.1, 0.15) is 0 Å². The van der Waals surface area contributed by atoms with Gasteiger partial charge in [0.05, 0.1) is 0 Å². The van der Waals surface area contributed by atoms with Crippen molar-refractivity contribution in [3.05, 3.63) is 0 Å². The molecule has 0 heterocycles. The van der Waals surface area contributed by atoms with E-state index in [1.54, 1.807) is 44.9 Å². The van der Waals surface area contributed by atoms with Crippen molar-refractivity contribution in [1.29, 1.82) is 0 Å². The summed E-state index contributed by atoms with van der Waals surface area (Å²) in [5, 5.41) is 0. The molecule has 0 aromatic carbocycles. The fourth-order valence-corrected chi connectivity index (χ4v) is 7.54. The van der Waals surface area contributed by atoms with E-state index in [2.05, 4.69) is 27.7 Å². The highest BCUT2D eigenvalue weighted by molar-refractivity contribution is 5.15. The third-order valence-electron chi connectivity index (χ3n) is 8.69. The molecule has 0 amide bonds. The quantitative estimate of drug-likeness (QED) is 0.600. The summed E-state index contributed by atoms with van der Waals surface area (Å²) in [4.78, 5) is 0. The molecule has 0 heteroatoms. The Labute approximate surface area is 126 Å². The average molecular weight is 274 g/mol. The molecule has 0 nitrogen and oxygen atoms in total. The maximum atomic E-state index is 2.60. The first-order chi connectivity index (χ1) is 9.53. The Kier molecular flexibility index (Phi) is 3.07. The van der Waals surface area contributed by atoms with Crippen molar-refractivity contribution < 1.29 is 0 Å². The summed E-state index contributed by atoms with van der Waals surface area (Å²) in [5.41, 5.74) is 0.836. The molecule has 4 aliphatic rings. The molecule has 0 saturated heterocycles. The van der Waals surface area contributed by atoms with Gasteiger partial charge in [-0.2, -0.15) is 0 Å². The summed E-state index contributed by atoms with van der Waals surface area (Å²) in [7, 11) is 0. The van der Waals surface area contributed by atoms with Crippen LogP contribution >= 0.6 is 0 Å². The van der Waals surface area contributed by atoms with Crippen molar-refractivity contribution >= 4 is 0 Å². The van der Waals surface area contributed by atoms with Gasteiger partial charge in [0.15, 0.2) is 0 Å². The summed E-state index contributed by atoms with van der Waals surface area (Å²) in [6.45, 7) is 9.98. The molecular formula is C20H34. The number of hydrogen-bond acceptors (Lipinski definition) is 0. The summed E-state index contributed by atoms with van der Waals surface area (Å²) in [6, 6.07) is 0. The van der Waals surface area contributed by atoms with Crippen LogP contribution in [0.1, 0.15) is 72.6 Å². The SMILES string of the molecule is CC1CC2(CCC1[C@@H](C)C(C)C)C1CCC3C[C@H]1[C@@H]2C3. The Bertz CT molecular complexity index is 375. The Balaban J connectivity index is 1.51. The lowest BCUT2D eigenvalue weighted by atomic mass is 9.40. The van der Waals surface area contributed by atoms with E-state index in [0.29, 0.717) is 0 Å². The first kappa shape index (κ1) is 13.6. The minimum absolute atomic E-state index is 0.836. The third-order valence-corrected chi connectivity index (χ3v) is 8.69. The van der Waals surface area contributed by atoms with E-state index in [1.807, 2.05) is 0 Å². The number of rotatable bonds is 2. The second kappa shape index (κ2) is 4.50. The molecule has 114 valence electrons. The highest BCUT2D eigenvalue weighted by Crippen LogP contribution is 2.74. The van der Waals surface area contributed by atoms with Gasteiger partial charge in [0.2, 0.25) is 0 Å². The maximum absolute atomic E-state index is 2.60. The van der Waals surface area contributed by atoms with Crippen LogP contribution in [0, 0.1) is 52.8 Å². The zero-order valence-corrected chi connectivity index (χ0v) is 14.1. The van der Waals surface area contributed by atoms with Gasteiger partial charge in [-0.3, -0.25) is 0 Å². The van der Waals surface area contributed by atoms with E-state index in [1.165, 1.54) is 5.92 Å². The van der Waals surface area contributed by atoms with Crippen LogP contribution in [0.2, 0.25) is 0 Å². The number of fused-ring (bicyclic) bond motifs is 3. The zero-order chi connectivity index (χ0) is 14.1. The molecule has 4 rings (SSSR count). The van der Waals surface area contributed by atoms with Gasteiger partial charge in [-0.1, -0.05) is 34.1 Å². The molecular weight excluding hydrogens is 240 g/mol. The van der Waals surface area contributed by atoms with Gasteiger partial charge >= 0.3 is 0 Å². The first-order valence-electron chi connectivity index (χ1n) is 9.53. The predicted molar refractivity (Wildman–Crippen MR) is 85.4 cm³/mol. The zero-order valence-electron chi connectivity index (χ0n) is 14.1. The predicted octanol–water partition coefficient (Wildman–Crippen LogP) is 5.77. The third kappa shape index (κ3) is 1.66. The Morgan fingerprint density at radius 3 is 2.45 bits per heavy atom. The molecule has 4 aliphatic carbocycles. The van der Waals surface area contributed by atoms with Gasteiger partial charge in [-0.05, 0) is 91.3 Å². The normalized spacial score (nSPS) is 55.0. The molecule has 4 saturated carbocycles. The summed E-state index contributed by atoms with van der Waals surface area (Å²) < 4.78 is 0. The van der Waals surface area contributed by atoms with Crippen molar-refractivity contribution in [2.75, 3.05) is 0 Å². The monoisotopic (exact) mass is 274 g/mol. The van der Waals surface area contributed by atoms with E-state index < -0.39 is 0 Å². The Hall–Kier alpha value is 0. The van der Waals surface area contributed by atoms with Crippen LogP contribution in [0.4, 0.5) is 0 Å². The average Bonchev–Trinajstić information content (AvgIpc) is 2.61. The van der Waals surface area contributed by atoms with Crippen molar-refractivity contribution in [3.63, 3.8) is 0 Å². The van der Waals surface area contributed by atoms with Gasteiger partial charge < -0.3 is 0 Å². The second-order valence-corrected chi connectivity index (χ2v) is 9.51. The second-order valence-electron chi connectivity index (χ2n) is 9.51. The maximum Gasteiger partial charge on any atom is -0.0233 e. The molecule has 2 bridgehead atoms. The highest BCUT2D eigenvalue weighted by atomic mass is 14.7. The van der Waals surface area contributed by atoms with Crippen molar-refractivity contribution in [3.8, 4) is 0 Å². The molecule has 0 aromatic heterocycles. The lowest BCUT2D eigenvalue weighted by Crippen LogP contribution is -2.57. The molecule has 4 fully saturated rings. The van der Waals surface area contributed by atoms with E-state index in [0.717, 1.165) is 46.8 Å². The van der Waals surface area contributed by atoms with Crippen LogP contribution in [0.3, 0.4) is 0 Å². The fraction of sp³-hybridized carbons (Fsp3) is 1.00. The smallest absolute Gasteiger partial charge is 0.0233 e. The van der Waals surface area contributed by atoms with Crippen LogP contribution in [-0.4, -0.2) is 0 Å². The summed E-state index contributed by atoms with van der Waals surface area (Å²) >= 11 is 0. The van der Waals surface area contributed by atoms with Crippen LogP contribution in [0.25, 0.3) is 0 Å². The van der Waals surface area contributed by atoms with Crippen LogP contribution < -0.4 is 0 Å². The van der Waals surface area contributed by atoms with E-state index >= 15 is 0 Å². The molecule has 8 atom stereocenters. The standard InChI is InChI=1S/C20H34/c1-12(2)14(4)16-7-8-20(11-13(16)3)18-6-5-15-9-17(18)19(20)10-15/h12-19H,5-11H2,1-4H3/t13?,14-,15?,16?,17+,18?,19-,20?/m0/s1. The van der Waals surface area contributed by atoms with Gasteiger partial charge in [0, 0.05) is 0 Å². The molecule has 0 N–H and O–H groups in total. The van der Waals surface area contributed by atoms with Crippen molar-refractivity contribution in [1.82, 2.24) is 0 Å². The lowest BCUT2D eigenvalue weighted by molar-refractivity contribution is -0.157. The topological polar surface area (TPSA) is 0 Å². The van der Waals surface area contributed by atoms with Crippen LogP contribution in [-0.2, 0) is 0 Å². The number of hydrogen-bond donors (Lipinski definition) is 0. The fourth-order valence-electron chi connectivity index (χ4n) is 7.54. The van der Waals surface area contributed by atoms with Gasteiger partial charge in [-0.15, -0.1) is 0 Å². The van der Waals surface area contributed by atoms with E-state index in [9.17, 15) is 0 Å². The Morgan fingerprint density at radius 2 is 1.75 bits per heavy atom. The Morgan fingerprint density at radius 1 is 0.950 bits per heavy atom. The van der Waals surface area contributed by atoms with Gasteiger partial charge in [0.25, 0.3) is 0 Å². The molecule has 0 aliphatic heterocycles. The minimum atomic E-state index is 0.836. The first-order valence-corrected chi connectivity index (χ1v) is 9.53. The molecule has 1 spiro atoms. The summed E-state index contributed by atoms with van der Waals surface area (Å²) in [5.74, 6) is 8.44. The van der Waals surface area contributed by atoms with E-state index in [-0.39, 0.29) is 0 Å². The van der Waals surface area contributed by atoms with Crippen molar-refractivity contribution in [2.24, 2.45) is 52.8 Å².